The van der Waals surface area contributed by atoms with Crippen LogP contribution in [0, 0.1) is 0 Å². The van der Waals surface area contributed by atoms with Gasteiger partial charge in [0.2, 0.25) is 0 Å². The molecule has 0 aliphatic rings. The van der Waals surface area contributed by atoms with Crippen LogP contribution in [0.5, 0.6) is 0 Å². The lowest BCUT2D eigenvalue weighted by atomic mass is 10.1. The average Bonchev–Trinajstić information content (AvgIpc) is 2.24. The van der Waals surface area contributed by atoms with Crippen LogP contribution in [0.3, 0.4) is 0 Å². The number of methoxy groups -OCH3 is 1. The van der Waals surface area contributed by atoms with Crippen LogP contribution in [-0.4, -0.2) is 25.2 Å². The van der Waals surface area contributed by atoms with Gasteiger partial charge in [-0.25, -0.2) is 4.98 Å². The molecule has 0 spiro atoms. The summed E-state index contributed by atoms with van der Waals surface area (Å²) >= 11 is 5.81. The van der Waals surface area contributed by atoms with Crippen molar-refractivity contribution < 1.29 is 4.74 Å². The van der Waals surface area contributed by atoms with Gasteiger partial charge in [0, 0.05) is 26.0 Å². The fourth-order valence-electron chi connectivity index (χ4n) is 1.34. The minimum absolute atomic E-state index is 0.294. The quantitative estimate of drug-likeness (QED) is 0.600. The Balaban J connectivity index is 2.36. The molecule has 1 heterocycles. The van der Waals surface area contributed by atoms with Crippen molar-refractivity contribution in [3.05, 3.63) is 29.0 Å². The van der Waals surface area contributed by atoms with Gasteiger partial charge in [0.25, 0.3) is 0 Å². The monoisotopic (exact) mass is 228 g/mol. The summed E-state index contributed by atoms with van der Waals surface area (Å²) in [7, 11) is 1.71. The summed E-state index contributed by atoms with van der Waals surface area (Å²) in [4.78, 5) is 3.95. The van der Waals surface area contributed by atoms with Crippen LogP contribution in [0.25, 0.3) is 0 Å². The van der Waals surface area contributed by atoms with E-state index in [1.165, 1.54) is 0 Å². The van der Waals surface area contributed by atoms with Crippen LogP contribution >= 0.6 is 11.6 Å². The van der Waals surface area contributed by atoms with Crippen LogP contribution in [0.4, 0.5) is 0 Å². The van der Waals surface area contributed by atoms with Crippen molar-refractivity contribution >= 4 is 11.6 Å². The first-order valence-corrected chi connectivity index (χ1v) is 5.45. The maximum Gasteiger partial charge on any atom is 0.129 e. The number of hydrogen-bond donors (Lipinski definition) is 1. The highest BCUT2D eigenvalue weighted by molar-refractivity contribution is 6.29. The smallest absolute Gasteiger partial charge is 0.129 e. The molecule has 1 rings (SSSR count). The number of aromatic nitrogens is 1. The lowest BCUT2D eigenvalue weighted by molar-refractivity contribution is 0.193. The van der Waals surface area contributed by atoms with Crippen molar-refractivity contribution in [2.24, 2.45) is 0 Å². The molecule has 1 aromatic heterocycles. The largest absolute Gasteiger partial charge is 0.385 e. The van der Waals surface area contributed by atoms with Crippen molar-refractivity contribution in [1.29, 1.82) is 0 Å². The van der Waals surface area contributed by atoms with E-state index in [9.17, 15) is 0 Å². The summed E-state index contributed by atoms with van der Waals surface area (Å²) in [5.74, 6) is 0. The Morgan fingerprint density at radius 1 is 1.60 bits per heavy atom. The summed E-state index contributed by atoms with van der Waals surface area (Å²) < 4.78 is 4.98. The number of pyridine rings is 1. The highest BCUT2D eigenvalue weighted by atomic mass is 35.5. The molecular weight excluding hydrogens is 212 g/mol. The third kappa shape index (κ3) is 4.60. The number of nitrogens with zero attached hydrogens (tertiary/aromatic N) is 1. The summed E-state index contributed by atoms with van der Waals surface area (Å²) in [6.07, 6.45) is 2.74. The molecule has 1 N–H and O–H groups in total. The van der Waals surface area contributed by atoms with Crippen LogP contribution in [0.1, 0.15) is 24.9 Å². The summed E-state index contributed by atoms with van der Waals surface area (Å²) in [6, 6.07) is 4.15. The Hall–Kier alpha value is -0.640. The Morgan fingerprint density at radius 2 is 2.40 bits per heavy atom. The fraction of sp³-hybridized carbons (Fsp3) is 0.545. The van der Waals surface area contributed by atoms with E-state index in [0.29, 0.717) is 11.2 Å². The van der Waals surface area contributed by atoms with E-state index < -0.39 is 0 Å². The molecule has 4 heteroatoms. The summed E-state index contributed by atoms with van der Waals surface area (Å²) in [5, 5.41) is 3.93. The van der Waals surface area contributed by atoms with Gasteiger partial charge >= 0.3 is 0 Å². The average molecular weight is 229 g/mol. The van der Waals surface area contributed by atoms with E-state index >= 15 is 0 Å². The van der Waals surface area contributed by atoms with Gasteiger partial charge in [-0.15, -0.1) is 0 Å². The number of nitrogens with one attached hydrogen (secondary N) is 1. The molecule has 0 saturated heterocycles. The second-order valence-corrected chi connectivity index (χ2v) is 3.82. The third-order valence-electron chi connectivity index (χ3n) is 2.23. The molecule has 0 fully saturated rings. The first kappa shape index (κ1) is 12.4. The molecule has 0 amide bonds. The number of rotatable bonds is 6. The van der Waals surface area contributed by atoms with Gasteiger partial charge in [-0.2, -0.15) is 0 Å². The van der Waals surface area contributed by atoms with Gasteiger partial charge in [0.15, 0.2) is 0 Å². The lowest BCUT2D eigenvalue weighted by Crippen LogP contribution is -2.20. The van der Waals surface area contributed by atoms with Crippen LogP contribution in [-0.2, 0) is 4.74 Å². The second-order valence-electron chi connectivity index (χ2n) is 3.43. The minimum atomic E-state index is 0.294. The molecular formula is C11H17ClN2O. The predicted molar refractivity (Wildman–Crippen MR) is 62.2 cm³/mol. The zero-order chi connectivity index (χ0) is 11.1. The van der Waals surface area contributed by atoms with E-state index in [2.05, 4.69) is 17.2 Å². The molecule has 1 unspecified atom stereocenters. The number of halogens is 1. The summed E-state index contributed by atoms with van der Waals surface area (Å²) in [5.41, 5.74) is 1.16. The minimum Gasteiger partial charge on any atom is -0.385 e. The second kappa shape index (κ2) is 6.77. The first-order chi connectivity index (χ1) is 7.24. The van der Waals surface area contributed by atoms with Crippen molar-refractivity contribution in [1.82, 2.24) is 10.3 Å². The molecule has 0 saturated carbocycles. The SMILES string of the molecule is COCCCNC(C)c1ccnc(Cl)c1. The number of hydrogen-bond acceptors (Lipinski definition) is 3. The maximum atomic E-state index is 5.81. The van der Waals surface area contributed by atoms with Crippen LogP contribution < -0.4 is 5.32 Å². The van der Waals surface area contributed by atoms with E-state index in [1.54, 1.807) is 13.3 Å². The van der Waals surface area contributed by atoms with E-state index in [1.807, 2.05) is 12.1 Å². The fourth-order valence-corrected chi connectivity index (χ4v) is 1.52. The molecule has 1 atom stereocenters. The normalized spacial score (nSPS) is 12.7. The van der Waals surface area contributed by atoms with Gasteiger partial charge in [0.05, 0.1) is 0 Å². The van der Waals surface area contributed by atoms with Crippen molar-refractivity contribution in [3.63, 3.8) is 0 Å². The zero-order valence-electron chi connectivity index (χ0n) is 9.16. The zero-order valence-corrected chi connectivity index (χ0v) is 9.92. The van der Waals surface area contributed by atoms with Crippen LogP contribution in [0.15, 0.2) is 18.3 Å². The van der Waals surface area contributed by atoms with Gasteiger partial charge in [0.1, 0.15) is 5.15 Å². The maximum absolute atomic E-state index is 5.81. The standard InChI is InChI=1S/C11H17ClN2O/c1-9(13-5-3-7-15-2)10-4-6-14-11(12)8-10/h4,6,8-9,13H,3,5,7H2,1-2H3. The highest BCUT2D eigenvalue weighted by Crippen LogP contribution is 2.14. The Labute approximate surface area is 95.8 Å². The molecule has 0 aromatic carbocycles. The molecule has 3 nitrogen and oxygen atoms in total. The Kier molecular flexibility index (Phi) is 5.61. The van der Waals surface area contributed by atoms with Gasteiger partial charge in [-0.1, -0.05) is 11.6 Å². The van der Waals surface area contributed by atoms with Gasteiger partial charge in [-0.05, 0) is 37.6 Å². The molecule has 0 aliphatic heterocycles. The number of ether oxygens (including phenoxy) is 1. The van der Waals surface area contributed by atoms with Crippen LogP contribution in [0.2, 0.25) is 5.15 Å². The van der Waals surface area contributed by atoms with E-state index in [0.717, 1.165) is 25.1 Å². The van der Waals surface area contributed by atoms with E-state index in [-0.39, 0.29) is 0 Å². The molecule has 1 aromatic rings. The predicted octanol–water partition coefficient (Wildman–Crippen LogP) is 2.42. The molecule has 0 radical (unpaired) electrons. The van der Waals surface area contributed by atoms with Crippen molar-refractivity contribution in [2.75, 3.05) is 20.3 Å². The topological polar surface area (TPSA) is 34.1 Å². The van der Waals surface area contributed by atoms with E-state index in [4.69, 9.17) is 16.3 Å². The van der Waals surface area contributed by atoms with Gasteiger partial charge < -0.3 is 10.1 Å². The van der Waals surface area contributed by atoms with Crippen molar-refractivity contribution in [3.8, 4) is 0 Å². The highest BCUT2D eigenvalue weighted by Gasteiger charge is 2.04. The molecule has 0 bridgehead atoms. The lowest BCUT2D eigenvalue weighted by Gasteiger charge is -2.13. The summed E-state index contributed by atoms with van der Waals surface area (Å²) in [6.45, 7) is 3.84. The Morgan fingerprint density at radius 3 is 3.07 bits per heavy atom. The molecule has 0 aliphatic carbocycles. The Bertz CT molecular complexity index is 294. The first-order valence-electron chi connectivity index (χ1n) is 5.08. The third-order valence-corrected chi connectivity index (χ3v) is 2.43. The molecule has 15 heavy (non-hydrogen) atoms. The molecule has 84 valence electrons. The van der Waals surface area contributed by atoms with Crippen molar-refractivity contribution in [2.45, 2.75) is 19.4 Å². The van der Waals surface area contributed by atoms with Gasteiger partial charge in [-0.3, -0.25) is 0 Å².